The quantitative estimate of drug-likeness (QED) is 0.789. The molecule has 0 aromatic carbocycles. The van der Waals surface area contributed by atoms with Gasteiger partial charge in [-0.1, -0.05) is 12.8 Å². The second-order valence-electron chi connectivity index (χ2n) is 7.92. The predicted molar refractivity (Wildman–Crippen MR) is 82.9 cm³/mol. The number of rotatable bonds is 6. The number of hydrogen-bond donors (Lipinski definition) is 2. The second-order valence-corrected chi connectivity index (χ2v) is 7.92. The first-order valence-electron chi connectivity index (χ1n) is 8.70. The molecule has 0 aromatic rings. The molecule has 3 fully saturated rings. The maximum atomic E-state index is 11.4. The summed E-state index contributed by atoms with van der Waals surface area (Å²) < 4.78 is 0. The highest BCUT2D eigenvalue weighted by Gasteiger charge is 2.45. The summed E-state index contributed by atoms with van der Waals surface area (Å²) in [6.45, 7) is 2.18. The van der Waals surface area contributed by atoms with Crippen molar-refractivity contribution < 1.29 is 9.90 Å². The predicted octanol–water partition coefficient (Wildman–Crippen LogP) is 2.33. The van der Waals surface area contributed by atoms with Crippen LogP contribution in [-0.2, 0) is 4.79 Å². The summed E-state index contributed by atoms with van der Waals surface area (Å²) in [5.41, 5.74) is 5.16. The van der Waals surface area contributed by atoms with Gasteiger partial charge < -0.3 is 15.7 Å². The SMILES string of the molecule is CN(CCC1CCCC1(N)C(=O)O)CC1CC2CCC1C2. The minimum atomic E-state index is -0.965. The zero-order chi connectivity index (χ0) is 15.0. The Balaban J connectivity index is 1.45. The number of carboxylic acid groups (broad SMARTS) is 1. The van der Waals surface area contributed by atoms with Gasteiger partial charge in [-0.15, -0.1) is 0 Å². The normalized spacial score (nSPS) is 42.0. The lowest BCUT2D eigenvalue weighted by Crippen LogP contribution is -2.51. The topological polar surface area (TPSA) is 66.6 Å². The molecule has 4 nitrogen and oxygen atoms in total. The van der Waals surface area contributed by atoms with E-state index in [0.29, 0.717) is 6.42 Å². The molecular formula is C17H30N2O2. The molecule has 0 heterocycles. The van der Waals surface area contributed by atoms with Crippen LogP contribution in [-0.4, -0.2) is 41.7 Å². The van der Waals surface area contributed by atoms with E-state index >= 15 is 0 Å². The number of nitrogens with two attached hydrogens (primary N) is 1. The summed E-state index contributed by atoms with van der Waals surface area (Å²) >= 11 is 0. The molecule has 21 heavy (non-hydrogen) atoms. The molecule has 2 bridgehead atoms. The van der Waals surface area contributed by atoms with Gasteiger partial charge in [0.05, 0.1) is 0 Å². The van der Waals surface area contributed by atoms with Gasteiger partial charge in [0.1, 0.15) is 5.54 Å². The van der Waals surface area contributed by atoms with Crippen molar-refractivity contribution in [1.29, 1.82) is 0 Å². The van der Waals surface area contributed by atoms with Crippen molar-refractivity contribution in [3.8, 4) is 0 Å². The van der Waals surface area contributed by atoms with Crippen LogP contribution in [0, 0.1) is 23.7 Å². The van der Waals surface area contributed by atoms with Crippen LogP contribution in [0.25, 0.3) is 0 Å². The van der Waals surface area contributed by atoms with Gasteiger partial charge in [0.25, 0.3) is 0 Å². The van der Waals surface area contributed by atoms with Crippen molar-refractivity contribution in [1.82, 2.24) is 4.90 Å². The third-order valence-electron chi connectivity index (χ3n) is 6.56. The summed E-state index contributed by atoms with van der Waals surface area (Å²) in [5.74, 6) is 2.21. The Morgan fingerprint density at radius 3 is 2.76 bits per heavy atom. The average molecular weight is 294 g/mol. The van der Waals surface area contributed by atoms with E-state index in [-0.39, 0.29) is 5.92 Å². The Labute approximate surface area is 128 Å². The molecule has 0 aliphatic heterocycles. The molecule has 0 radical (unpaired) electrons. The van der Waals surface area contributed by atoms with Gasteiger partial charge in [-0.3, -0.25) is 4.79 Å². The van der Waals surface area contributed by atoms with Gasteiger partial charge >= 0.3 is 5.97 Å². The van der Waals surface area contributed by atoms with Crippen LogP contribution < -0.4 is 5.73 Å². The zero-order valence-corrected chi connectivity index (χ0v) is 13.3. The van der Waals surface area contributed by atoms with Gasteiger partial charge in [-0.2, -0.15) is 0 Å². The van der Waals surface area contributed by atoms with Gasteiger partial charge in [-0.05, 0) is 75.8 Å². The maximum Gasteiger partial charge on any atom is 0.323 e. The van der Waals surface area contributed by atoms with Crippen molar-refractivity contribution >= 4 is 5.97 Å². The fourth-order valence-corrected chi connectivity index (χ4v) is 5.25. The van der Waals surface area contributed by atoms with Gasteiger partial charge in [-0.25, -0.2) is 0 Å². The molecule has 120 valence electrons. The van der Waals surface area contributed by atoms with Gasteiger partial charge in [0.2, 0.25) is 0 Å². The molecule has 0 spiro atoms. The molecule has 0 amide bonds. The van der Waals surface area contributed by atoms with E-state index < -0.39 is 11.5 Å². The number of fused-ring (bicyclic) bond motifs is 2. The lowest BCUT2D eigenvalue weighted by atomic mass is 9.85. The van der Waals surface area contributed by atoms with E-state index in [9.17, 15) is 9.90 Å². The Kier molecular flexibility index (Phi) is 4.28. The van der Waals surface area contributed by atoms with Crippen LogP contribution >= 0.6 is 0 Å². The largest absolute Gasteiger partial charge is 0.480 e. The highest BCUT2D eigenvalue weighted by Crippen LogP contribution is 2.48. The molecule has 0 saturated heterocycles. The van der Waals surface area contributed by atoms with E-state index in [4.69, 9.17) is 5.73 Å². The molecule has 5 unspecified atom stereocenters. The van der Waals surface area contributed by atoms with E-state index in [1.54, 1.807) is 0 Å². The molecular weight excluding hydrogens is 264 g/mol. The fraction of sp³-hybridized carbons (Fsp3) is 0.941. The Bertz CT molecular complexity index is 400. The summed E-state index contributed by atoms with van der Waals surface area (Å²) in [6, 6.07) is 0. The number of carboxylic acids is 1. The first kappa shape index (κ1) is 15.3. The molecule has 3 N–H and O–H groups in total. The highest BCUT2D eigenvalue weighted by atomic mass is 16.4. The summed E-state index contributed by atoms with van der Waals surface area (Å²) in [6.07, 6.45) is 9.30. The standard InChI is InChI=1S/C17H30N2O2/c1-19(11-14-10-12-4-5-13(14)9-12)8-6-15-3-2-7-17(15,18)16(20)21/h12-15H,2-11,18H2,1H3,(H,20,21). The zero-order valence-electron chi connectivity index (χ0n) is 13.3. The van der Waals surface area contributed by atoms with Crippen LogP contribution in [0.5, 0.6) is 0 Å². The lowest BCUT2D eigenvalue weighted by molar-refractivity contribution is -0.144. The molecule has 5 atom stereocenters. The van der Waals surface area contributed by atoms with E-state index in [1.165, 1.54) is 32.2 Å². The molecule has 3 rings (SSSR count). The molecule has 3 aliphatic rings. The number of nitrogens with zero attached hydrogens (tertiary/aromatic N) is 1. The number of aliphatic carboxylic acids is 1. The minimum absolute atomic E-state index is 0.150. The van der Waals surface area contributed by atoms with Gasteiger partial charge in [0.15, 0.2) is 0 Å². The maximum absolute atomic E-state index is 11.4. The Morgan fingerprint density at radius 1 is 1.33 bits per heavy atom. The number of hydrogen-bond acceptors (Lipinski definition) is 3. The highest BCUT2D eigenvalue weighted by molar-refractivity contribution is 5.79. The van der Waals surface area contributed by atoms with E-state index in [0.717, 1.165) is 43.6 Å². The summed E-state index contributed by atoms with van der Waals surface area (Å²) in [7, 11) is 2.19. The first-order chi connectivity index (χ1) is 9.99. The third kappa shape index (κ3) is 2.98. The van der Waals surface area contributed by atoms with E-state index in [2.05, 4.69) is 11.9 Å². The molecule has 3 saturated carbocycles. The van der Waals surface area contributed by atoms with Crippen LogP contribution in [0.2, 0.25) is 0 Å². The molecule has 0 aromatic heterocycles. The van der Waals surface area contributed by atoms with Crippen molar-refractivity contribution in [2.75, 3.05) is 20.1 Å². The van der Waals surface area contributed by atoms with Crippen LogP contribution in [0.1, 0.15) is 51.4 Å². The monoisotopic (exact) mass is 294 g/mol. The number of carbonyl (C=O) groups is 1. The Hall–Kier alpha value is -0.610. The van der Waals surface area contributed by atoms with Crippen molar-refractivity contribution in [3.05, 3.63) is 0 Å². The Morgan fingerprint density at radius 2 is 2.14 bits per heavy atom. The molecule has 3 aliphatic carbocycles. The molecule has 4 heteroatoms. The van der Waals surface area contributed by atoms with Crippen molar-refractivity contribution in [3.63, 3.8) is 0 Å². The third-order valence-corrected chi connectivity index (χ3v) is 6.56. The van der Waals surface area contributed by atoms with Crippen LogP contribution in [0.15, 0.2) is 0 Å². The lowest BCUT2D eigenvalue weighted by Gasteiger charge is -2.30. The van der Waals surface area contributed by atoms with Crippen LogP contribution in [0.4, 0.5) is 0 Å². The minimum Gasteiger partial charge on any atom is -0.480 e. The fourth-order valence-electron chi connectivity index (χ4n) is 5.25. The first-order valence-corrected chi connectivity index (χ1v) is 8.70. The van der Waals surface area contributed by atoms with Crippen molar-refractivity contribution in [2.24, 2.45) is 29.4 Å². The van der Waals surface area contributed by atoms with Crippen LogP contribution in [0.3, 0.4) is 0 Å². The summed E-state index contributed by atoms with van der Waals surface area (Å²) in [4.78, 5) is 13.8. The summed E-state index contributed by atoms with van der Waals surface area (Å²) in [5, 5.41) is 9.37. The van der Waals surface area contributed by atoms with E-state index in [1.807, 2.05) is 0 Å². The average Bonchev–Trinajstić information content (AvgIpc) is 3.12. The smallest absolute Gasteiger partial charge is 0.323 e. The van der Waals surface area contributed by atoms with Crippen molar-refractivity contribution in [2.45, 2.75) is 56.9 Å². The van der Waals surface area contributed by atoms with Gasteiger partial charge in [0, 0.05) is 6.54 Å². The second kappa shape index (κ2) is 5.88.